The fraction of sp³-hybridized carbons (Fsp3) is 0.276. The lowest BCUT2D eigenvalue weighted by atomic mass is 9.93. The van der Waals surface area contributed by atoms with Crippen LogP contribution in [0.3, 0.4) is 0 Å². The molecule has 1 aromatic heterocycles. The Morgan fingerprint density at radius 1 is 0.974 bits per heavy atom. The average Bonchev–Trinajstić information content (AvgIpc) is 2.94. The molecular formula is C29H27N3O7. The highest BCUT2D eigenvalue weighted by Crippen LogP contribution is 2.36. The van der Waals surface area contributed by atoms with Gasteiger partial charge in [-0.25, -0.2) is 15.2 Å². The number of imide groups is 1. The lowest BCUT2D eigenvalue weighted by Gasteiger charge is -2.32. The van der Waals surface area contributed by atoms with E-state index in [4.69, 9.17) is 13.9 Å². The smallest absolute Gasteiger partial charge is 0.336 e. The zero-order valence-corrected chi connectivity index (χ0v) is 21.3. The van der Waals surface area contributed by atoms with Gasteiger partial charge < -0.3 is 23.9 Å². The highest BCUT2D eigenvalue weighted by molar-refractivity contribution is 6.26. The molecule has 39 heavy (non-hydrogen) atoms. The van der Waals surface area contributed by atoms with Gasteiger partial charge in [0.25, 0.3) is 11.8 Å². The van der Waals surface area contributed by atoms with E-state index in [1.54, 1.807) is 30.3 Å². The Hall–Kier alpha value is -4.25. The molecule has 0 radical (unpaired) electrons. The summed E-state index contributed by atoms with van der Waals surface area (Å²) in [6.45, 7) is 4.34. The number of benzene rings is 3. The number of carbonyl (C=O) groups is 2. The van der Waals surface area contributed by atoms with Crippen LogP contribution in [0.2, 0.25) is 0 Å². The standard InChI is InChI=1S/C29H27N3O7/c1-17-13-26(34)39-25-14-19(5-6-20(17)25)38-16-18(33)15-30-32-28(35)22-4-2-3-21-24(31-9-11-37-12-10-31)8-7-23(27(21)22)29(32)36/h2-8,13-14,18,30,33H,9-12,15-16H2,1H3. The van der Waals surface area contributed by atoms with Crippen molar-refractivity contribution in [3.8, 4) is 5.75 Å². The number of hydrogen-bond acceptors (Lipinski definition) is 9. The molecule has 1 fully saturated rings. The summed E-state index contributed by atoms with van der Waals surface area (Å²) in [5.41, 5.74) is 5.32. The van der Waals surface area contributed by atoms with Crippen LogP contribution in [0.1, 0.15) is 26.3 Å². The Bertz CT molecular complexity index is 1640. The summed E-state index contributed by atoms with van der Waals surface area (Å²) in [6, 6.07) is 15.6. The maximum absolute atomic E-state index is 13.3. The first kappa shape index (κ1) is 25.1. The molecule has 2 aliphatic rings. The molecular weight excluding hydrogens is 502 g/mol. The second-order valence-electron chi connectivity index (χ2n) is 9.64. The highest BCUT2D eigenvalue weighted by Gasteiger charge is 2.34. The molecule has 0 aliphatic carbocycles. The highest BCUT2D eigenvalue weighted by atomic mass is 16.5. The number of fused-ring (bicyclic) bond motifs is 1. The number of rotatable bonds is 7. The van der Waals surface area contributed by atoms with Gasteiger partial charge in [0.1, 0.15) is 24.0 Å². The van der Waals surface area contributed by atoms with Crippen molar-refractivity contribution in [1.82, 2.24) is 10.4 Å². The molecule has 1 atom stereocenters. The van der Waals surface area contributed by atoms with E-state index in [0.717, 1.165) is 40.1 Å². The van der Waals surface area contributed by atoms with Crippen molar-refractivity contribution in [3.05, 3.63) is 81.7 Å². The Kier molecular flexibility index (Phi) is 6.51. The second kappa shape index (κ2) is 10.1. The fourth-order valence-corrected chi connectivity index (χ4v) is 5.15. The Morgan fingerprint density at radius 3 is 2.54 bits per heavy atom. The van der Waals surface area contributed by atoms with Crippen molar-refractivity contribution >= 4 is 39.2 Å². The Morgan fingerprint density at radius 2 is 1.74 bits per heavy atom. The third kappa shape index (κ3) is 4.63. The van der Waals surface area contributed by atoms with E-state index in [1.165, 1.54) is 6.07 Å². The zero-order valence-electron chi connectivity index (χ0n) is 21.3. The quantitative estimate of drug-likeness (QED) is 0.275. The summed E-state index contributed by atoms with van der Waals surface area (Å²) in [4.78, 5) is 40.5. The van der Waals surface area contributed by atoms with Crippen molar-refractivity contribution in [2.45, 2.75) is 13.0 Å². The van der Waals surface area contributed by atoms with Gasteiger partial charge in [-0.05, 0) is 42.8 Å². The molecule has 1 saturated heterocycles. The van der Waals surface area contributed by atoms with Crippen LogP contribution in [0.15, 0.2) is 63.8 Å². The van der Waals surface area contributed by atoms with E-state index in [-0.39, 0.29) is 13.2 Å². The Labute approximate surface area is 223 Å². The third-order valence-electron chi connectivity index (χ3n) is 7.09. The number of anilines is 1. The molecule has 0 spiro atoms. The summed E-state index contributed by atoms with van der Waals surface area (Å²) >= 11 is 0. The predicted octanol–water partition coefficient (Wildman–Crippen LogP) is 2.63. The predicted molar refractivity (Wildman–Crippen MR) is 144 cm³/mol. The Balaban J connectivity index is 1.15. The van der Waals surface area contributed by atoms with Crippen LogP contribution in [0.4, 0.5) is 5.69 Å². The number of aliphatic hydroxyl groups excluding tert-OH is 1. The van der Waals surface area contributed by atoms with Crippen LogP contribution in [-0.2, 0) is 4.74 Å². The number of hydrazine groups is 1. The van der Waals surface area contributed by atoms with Crippen LogP contribution in [0, 0.1) is 6.92 Å². The van der Waals surface area contributed by atoms with Crippen molar-refractivity contribution in [2.24, 2.45) is 0 Å². The molecule has 0 bridgehead atoms. The maximum Gasteiger partial charge on any atom is 0.336 e. The number of amides is 2. The molecule has 0 saturated carbocycles. The van der Waals surface area contributed by atoms with Gasteiger partial charge in [0.2, 0.25) is 0 Å². The van der Waals surface area contributed by atoms with E-state index in [0.29, 0.717) is 41.1 Å². The first-order chi connectivity index (χ1) is 18.9. The van der Waals surface area contributed by atoms with Gasteiger partial charge in [0.05, 0.1) is 24.3 Å². The summed E-state index contributed by atoms with van der Waals surface area (Å²) in [5, 5.41) is 13.7. The second-order valence-corrected chi connectivity index (χ2v) is 9.64. The van der Waals surface area contributed by atoms with Crippen LogP contribution >= 0.6 is 0 Å². The molecule has 4 aromatic rings. The molecule has 1 unspecified atom stereocenters. The number of ether oxygens (including phenoxy) is 2. The van der Waals surface area contributed by atoms with Crippen molar-refractivity contribution in [2.75, 3.05) is 44.4 Å². The first-order valence-electron chi connectivity index (χ1n) is 12.8. The number of aryl methyl sites for hydroxylation is 1. The van der Waals surface area contributed by atoms with Gasteiger partial charge >= 0.3 is 5.63 Å². The number of carbonyl (C=O) groups excluding carboxylic acids is 2. The molecule has 2 amide bonds. The minimum Gasteiger partial charge on any atom is -0.491 e. The summed E-state index contributed by atoms with van der Waals surface area (Å²) < 4.78 is 16.4. The molecule has 3 heterocycles. The number of aliphatic hydroxyl groups is 1. The topological polar surface area (TPSA) is 122 Å². The van der Waals surface area contributed by atoms with E-state index < -0.39 is 23.5 Å². The van der Waals surface area contributed by atoms with Gasteiger partial charge in [0, 0.05) is 53.6 Å². The van der Waals surface area contributed by atoms with E-state index in [9.17, 15) is 19.5 Å². The van der Waals surface area contributed by atoms with Gasteiger partial charge in [-0.2, -0.15) is 0 Å². The fourth-order valence-electron chi connectivity index (χ4n) is 5.15. The van der Waals surface area contributed by atoms with Crippen molar-refractivity contribution in [3.63, 3.8) is 0 Å². The van der Waals surface area contributed by atoms with E-state index in [2.05, 4.69) is 10.3 Å². The van der Waals surface area contributed by atoms with Gasteiger partial charge in [-0.3, -0.25) is 9.59 Å². The molecule has 6 rings (SSSR count). The molecule has 2 N–H and O–H groups in total. The SMILES string of the molecule is Cc1cc(=O)oc2cc(OCC(O)CNN3C(=O)c4cccc5c(N6CCOCC6)ccc(c45)C3=O)ccc12. The minimum absolute atomic E-state index is 0.101. The molecule has 200 valence electrons. The van der Waals surface area contributed by atoms with Gasteiger partial charge in [-0.1, -0.05) is 12.1 Å². The van der Waals surface area contributed by atoms with E-state index >= 15 is 0 Å². The lowest BCUT2D eigenvalue weighted by Crippen LogP contribution is -2.52. The van der Waals surface area contributed by atoms with Crippen LogP contribution < -0.4 is 20.7 Å². The number of hydrogen-bond donors (Lipinski definition) is 2. The molecule has 3 aromatic carbocycles. The number of morpholine rings is 1. The molecule has 2 aliphatic heterocycles. The van der Waals surface area contributed by atoms with Crippen LogP contribution in [0.5, 0.6) is 5.75 Å². The summed E-state index contributed by atoms with van der Waals surface area (Å²) in [7, 11) is 0. The third-order valence-corrected chi connectivity index (χ3v) is 7.09. The normalized spacial score (nSPS) is 16.3. The van der Waals surface area contributed by atoms with Crippen LogP contribution in [0.25, 0.3) is 21.7 Å². The maximum atomic E-state index is 13.3. The zero-order chi connectivity index (χ0) is 27.1. The average molecular weight is 530 g/mol. The van der Waals surface area contributed by atoms with E-state index in [1.807, 2.05) is 25.1 Å². The van der Waals surface area contributed by atoms with Gasteiger partial charge in [-0.15, -0.1) is 0 Å². The molecule has 10 heteroatoms. The first-order valence-corrected chi connectivity index (χ1v) is 12.8. The largest absolute Gasteiger partial charge is 0.491 e. The number of nitrogens with one attached hydrogen (secondary N) is 1. The minimum atomic E-state index is -1.04. The summed E-state index contributed by atoms with van der Waals surface area (Å²) in [6.07, 6.45) is -1.04. The summed E-state index contributed by atoms with van der Waals surface area (Å²) in [5.74, 6) is -0.548. The number of nitrogens with zero attached hydrogens (tertiary/aromatic N) is 2. The van der Waals surface area contributed by atoms with Gasteiger partial charge in [0.15, 0.2) is 0 Å². The monoisotopic (exact) mass is 529 g/mol. The van der Waals surface area contributed by atoms with Crippen LogP contribution in [-0.4, -0.2) is 67.5 Å². The molecule has 10 nitrogen and oxygen atoms in total. The lowest BCUT2D eigenvalue weighted by molar-refractivity contribution is 0.0433. The van der Waals surface area contributed by atoms with Crippen molar-refractivity contribution in [1.29, 1.82) is 0 Å². The van der Waals surface area contributed by atoms with Crippen molar-refractivity contribution < 1.29 is 28.6 Å².